The van der Waals surface area contributed by atoms with Crippen LogP contribution in [0.25, 0.3) is 0 Å². The van der Waals surface area contributed by atoms with Crippen molar-refractivity contribution in [2.75, 3.05) is 32.0 Å². The summed E-state index contributed by atoms with van der Waals surface area (Å²) < 4.78 is 81.5. The third kappa shape index (κ3) is 6.74. The van der Waals surface area contributed by atoms with Gasteiger partial charge in [-0.3, -0.25) is 0 Å². The lowest BCUT2D eigenvalue weighted by molar-refractivity contribution is -0.0766. The summed E-state index contributed by atoms with van der Waals surface area (Å²) >= 11 is 1.89. The van der Waals surface area contributed by atoms with E-state index in [1.807, 2.05) is 22.6 Å². The number of aromatic nitrogens is 1. The van der Waals surface area contributed by atoms with E-state index in [-0.39, 0.29) is 23.6 Å². The smallest absolute Gasteiger partial charge is 0.207 e. The van der Waals surface area contributed by atoms with Crippen LogP contribution in [-0.2, 0) is 11.3 Å². The van der Waals surface area contributed by atoms with Gasteiger partial charge in [-0.05, 0) is 59.0 Å². The third-order valence-corrected chi connectivity index (χ3v) is 6.57. The third-order valence-electron chi connectivity index (χ3n) is 5.90. The standard InChI is InChI=1S/C28H24F4IN3O5/c1-38-16-6-4-14(21(11-16)39-2)13-35-27-24(31)20(8-9-34-27)41-22-12-17(28(37)40-3)26(25(32)23(22)30)36-19-7-5-15(33)10-18(19)29/h4-12,28,36-37H,13H2,1-3H3,(H,34,35). The number of rotatable bonds is 11. The first-order chi connectivity index (χ1) is 19.7. The summed E-state index contributed by atoms with van der Waals surface area (Å²) in [5.74, 6) is -5.15. The van der Waals surface area contributed by atoms with Gasteiger partial charge >= 0.3 is 0 Å². The Morgan fingerprint density at radius 2 is 1.66 bits per heavy atom. The Kier molecular flexibility index (Phi) is 9.73. The van der Waals surface area contributed by atoms with Gasteiger partial charge in [0.1, 0.15) is 17.3 Å². The van der Waals surface area contributed by atoms with Crippen molar-refractivity contribution in [1.29, 1.82) is 0 Å². The highest BCUT2D eigenvalue weighted by molar-refractivity contribution is 14.1. The fourth-order valence-corrected chi connectivity index (χ4v) is 4.25. The summed E-state index contributed by atoms with van der Waals surface area (Å²) in [7, 11) is 4.12. The van der Waals surface area contributed by atoms with E-state index in [4.69, 9.17) is 18.9 Å². The van der Waals surface area contributed by atoms with E-state index in [9.17, 15) is 9.50 Å². The minimum Gasteiger partial charge on any atom is -0.497 e. The topological polar surface area (TPSA) is 94.1 Å². The van der Waals surface area contributed by atoms with Crippen LogP contribution < -0.4 is 24.8 Å². The van der Waals surface area contributed by atoms with Crippen LogP contribution in [0.15, 0.2) is 54.7 Å². The molecule has 13 heteroatoms. The summed E-state index contributed by atoms with van der Waals surface area (Å²) in [6.45, 7) is 0.100. The van der Waals surface area contributed by atoms with Crippen LogP contribution in [0.2, 0.25) is 0 Å². The van der Waals surface area contributed by atoms with Crippen molar-refractivity contribution in [3.05, 3.63) is 92.7 Å². The van der Waals surface area contributed by atoms with Crippen LogP contribution >= 0.6 is 22.6 Å². The van der Waals surface area contributed by atoms with Gasteiger partial charge in [-0.1, -0.05) is 0 Å². The second kappa shape index (κ2) is 13.2. The van der Waals surface area contributed by atoms with Crippen molar-refractivity contribution in [1.82, 2.24) is 4.98 Å². The van der Waals surface area contributed by atoms with Crippen molar-refractivity contribution < 1.29 is 41.6 Å². The fraction of sp³-hybridized carbons (Fsp3) is 0.179. The maximum absolute atomic E-state index is 15.3. The number of anilines is 3. The lowest BCUT2D eigenvalue weighted by Gasteiger charge is -2.20. The normalized spacial score (nSPS) is 11.6. The Labute approximate surface area is 246 Å². The number of hydrogen-bond donors (Lipinski definition) is 3. The number of aliphatic hydroxyl groups is 1. The fourth-order valence-electron chi connectivity index (χ4n) is 3.79. The van der Waals surface area contributed by atoms with Crippen LogP contribution in [0, 0.1) is 26.8 Å². The Balaban J connectivity index is 1.63. The van der Waals surface area contributed by atoms with Gasteiger partial charge in [0.05, 0.1) is 25.6 Å². The van der Waals surface area contributed by atoms with E-state index in [0.29, 0.717) is 20.6 Å². The molecule has 0 amide bonds. The van der Waals surface area contributed by atoms with E-state index in [0.717, 1.165) is 19.2 Å². The second-order valence-corrected chi connectivity index (χ2v) is 9.65. The van der Waals surface area contributed by atoms with Gasteiger partial charge in [-0.25, -0.2) is 13.8 Å². The Morgan fingerprint density at radius 1 is 0.878 bits per heavy atom. The molecule has 0 fully saturated rings. The molecule has 1 heterocycles. The molecule has 0 spiro atoms. The molecule has 1 aromatic heterocycles. The van der Waals surface area contributed by atoms with Gasteiger partial charge in [0.2, 0.25) is 11.6 Å². The molecule has 3 aromatic carbocycles. The first-order valence-corrected chi connectivity index (χ1v) is 13.0. The van der Waals surface area contributed by atoms with Gasteiger partial charge in [0.15, 0.2) is 29.4 Å². The average molecular weight is 685 g/mol. The van der Waals surface area contributed by atoms with Crippen LogP contribution in [0.4, 0.5) is 34.8 Å². The monoisotopic (exact) mass is 685 g/mol. The van der Waals surface area contributed by atoms with Crippen LogP contribution in [-0.4, -0.2) is 31.4 Å². The predicted octanol–water partition coefficient (Wildman–Crippen LogP) is 7.05. The molecule has 0 aliphatic carbocycles. The lowest BCUT2D eigenvalue weighted by Crippen LogP contribution is -2.10. The lowest BCUT2D eigenvalue weighted by atomic mass is 10.1. The van der Waals surface area contributed by atoms with Crippen molar-refractivity contribution in [3.8, 4) is 23.0 Å². The molecular formula is C28H24F4IN3O5. The molecule has 8 nitrogen and oxygen atoms in total. The molecule has 4 rings (SSSR count). The number of nitrogens with one attached hydrogen (secondary N) is 2. The van der Waals surface area contributed by atoms with Gasteiger partial charge in [0.25, 0.3) is 0 Å². The molecule has 0 saturated carbocycles. The zero-order chi connectivity index (χ0) is 29.7. The van der Waals surface area contributed by atoms with E-state index in [1.54, 1.807) is 24.3 Å². The summed E-state index contributed by atoms with van der Waals surface area (Å²) in [5, 5.41) is 15.6. The van der Waals surface area contributed by atoms with Gasteiger partial charge in [0, 0.05) is 46.7 Å². The Hall–Kier alpha value is -3.82. The second-order valence-electron chi connectivity index (χ2n) is 8.41. The summed E-state index contributed by atoms with van der Waals surface area (Å²) in [6, 6.07) is 11.2. The van der Waals surface area contributed by atoms with Gasteiger partial charge < -0.3 is 34.7 Å². The van der Waals surface area contributed by atoms with Crippen LogP contribution in [0.3, 0.4) is 0 Å². The molecule has 4 aromatic rings. The Morgan fingerprint density at radius 3 is 2.34 bits per heavy atom. The molecule has 0 aliphatic rings. The van der Waals surface area contributed by atoms with Crippen LogP contribution in [0.5, 0.6) is 23.0 Å². The number of benzene rings is 3. The van der Waals surface area contributed by atoms with Crippen LogP contribution in [0.1, 0.15) is 17.4 Å². The van der Waals surface area contributed by atoms with E-state index >= 15 is 13.2 Å². The molecular weight excluding hydrogens is 661 g/mol. The van der Waals surface area contributed by atoms with Gasteiger partial charge in [-0.15, -0.1) is 0 Å². The highest BCUT2D eigenvalue weighted by Crippen LogP contribution is 2.39. The number of nitrogens with zero attached hydrogens (tertiary/aromatic N) is 1. The molecule has 1 atom stereocenters. The maximum atomic E-state index is 15.3. The highest BCUT2D eigenvalue weighted by Gasteiger charge is 2.26. The summed E-state index contributed by atoms with van der Waals surface area (Å²) in [6.07, 6.45) is -0.554. The molecule has 0 aliphatic heterocycles. The van der Waals surface area contributed by atoms with E-state index in [2.05, 4.69) is 15.6 Å². The SMILES string of the molecule is COc1ccc(CNc2nccc(Oc3cc(C(O)OC)c(Nc4ccc(I)cc4F)c(F)c3F)c2F)c(OC)c1. The maximum Gasteiger partial charge on any atom is 0.207 e. The minimum absolute atomic E-state index is 0.100. The zero-order valence-corrected chi connectivity index (χ0v) is 24.1. The van der Waals surface area contributed by atoms with Crippen molar-refractivity contribution >= 4 is 39.8 Å². The molecule has 0 bridgehead atoms. The zero-order valence-electron chi connectivity index (χ0n) is 21.9. The Bertz CT molecular complexity index is 1560. The first kappa shape index (κ1) is 30.1. The molecule has 0 saturated heterocycles. The number of hydrogen-bond acceptors (Lipinski definition) is 8. The quantitative estimate of drug-likeness (QED) is 0.0880. The molecule has 41 heavy (non-hydrogen) atoms. The molecule has 1 unspecified atom stereocenters. The van der Waals surface area contributed by atoms with Crippen molar-refractivity contribution in [2.24, 2.45) is 0 Å². The van der Waals surface area contributed by atoms with E-state index in [1.165, 1.54) is 32.5 Å². The molecule has 216 valence electrons. The predicted molar refractivity (Wildman–Crippen MR) is 152 cm³/mol. The number of halogens is 5. The largest absolute Gasteiger partial charge is 0.497 e. The van der Waals surface area contributed by atoms with Crippen molar-refractivity contribution in [3.63, 3.8) is 0 Å². The van der Waals surface area contributed by atoms with Gasteiger partial charge in [-0.2, -0.15) is 8.78 Å². The first-order valence-electron chi connectivity index (χ1n) is 11.9. The molecule has 0 radical (unpaired) electrons. The highest BCUT2D eigenvalue weighted by atomic mass is 127. The number of methoxy groups -OCH3 is 3. The summed E-state index contributed by atoms with van der Waals surface area (Å²) in [5.41, 5.74) is -0.417. The molecule has 3 N–H and O–H groups in total. The minimum atomic E-state index is -1.76. The van der Waals surface area contributed by atoms with Crippen molar-refractivity contribution in [2.45, 2.75) is 12.8 Å². The summed E-state index contributed by atoms with van der Waals surface area (Å²) in [4.78, 5) is 3.95. The number of aliphatic hydroxyl groups excluding tert-OH is 1. The number of ether oxygens (including phenoxy) is 4. The average Bonchev–Trinajstić information content (AvgIpc) is 2.97. The van der Waals surface area contributed by atoms with E-state index < -0.39 is 46.7 Å². The number of pyridine rings is 1.